The molecule has 1 aliphatic rings. The topological polar surface area (TPSA) is 26.3 Å². The van der Waals surface area contributed by atoms with Crippen LogP contribution in [0.3, 0.4) is 0 Å². The number of carbonyl (C=O) groups is 1. The summed E-state index contributed by atoms with van der Waals surface area (Å²) in [5.41, 5.74) is 3.51. The number of ether oxygens (including phenoxy) is 1. The Bertz CT molecular complexity index is 915. The summed E-state index contributed by atoms with van der Waals surface area (Å²) in [5.74, 6) is -0.276. The van der Waals surface area contributed by atoms with Crippen molar-refractivity contribution in [1.82, 2.24) is 0 Å². The Hall–Kier alpha value is -2.03. The fourth-order valence-corrected chi connectivity index (χ4v) is 3.20. The molecule has 4 heteroatoms. The highest BCUT2D eigenvalue weighted by molar-refractivity contribution is 6.32. The van der Waals surface area contributed by atoms with Crippen molar-refractivity contribution in [3.8, 4) is 11.1 Å². The third kappa shape index (κ3) is 2.07. The van der Waals surface area contributed by atoms with Gasteiger partial charge >= 0.3 is 5.97 Å². The highest BCUT2D eigenvalue weighted by atomic mass is 35.5. The van der Waals surface area contributed by atoms with Gasteiger partial charge in [0.1, 0.15) is 6.61 Å². The summed E-state index contributed by atoms with van der Waals surface area (Å²) in [6.45, 7) is 0.286. The lowest BCUT2D eigenvalue weighted by Crippen LogP contribution is -1.95. The van der Waals surface area contributed by atoms with Crippen LogP contribution in [0, 0.1) is 0 Å². The van der Waals surface area contributed by atoms with Gasteiger partial charge in [0.25, 0.3) is 0 Å². The van der Waals surface area contributed by atoms with E-state index in [1.54, 1.807) is 0 Å². The van der Waals surface area contributed by atoms with Crippen molar-refractivity contribution in [3.63, 3.8) is 0 Å². The van der Waals surface area contributed by atoms with E-state index in [0.717, 1.165) is 27.5 Å². The fourth-order valence-electron chi connectivity index (χ4n) is 2.90. The number of hydrogen-bond acceptors (Lipinski definition) is 2. The third-order valence-corrected chi connectivity index (χ3v) is 4.40. The molecule has 0 spiro atoms. The minimum Gasteiger partial charge on any atom is -0.457 e. The highest BCUT2D eigenvalue weighted by Gasteiger charge is 2.26. The van der Waals surface area contributed by atoms with E-state index in [-0.39, 0.29) is 12.6 Å². The molecule has 22 heavy (non-hydrogen) atoms. The van der Waals surface area contributed by atoms with Crippen LogP contribution in [0.2, 0.25) is 10.0 Å². The quantitative estimate of drug-likeness (QED) is 0.552. The van der Waals surface area contributed by atoms with Gasteiger partial charge in [0.2, 0.25) is 0 Å². The molecule has 1 aliphatic heterocycles. The van der Waals surface area contributed by atoms with E-state index in [1.165, 1.54) is 0 Å². The lowest BCUT2D eigenvalue weighted by Gasteiger charge is -2.12. The van der Waals surface area contributed by atoms with Gasteiger partial charge in [-0.15, -0.1) is 0 Å². The van der Waals surface area contributed by atoms with E-state index >= 15 is 0 Å². The first-order valence-electron chi connectivity index (χ1n) is 6.82. The first-order chi connectivity index (χ1) is 10.6. The first kappa shape index (κ1) is 13.6. The van der Waals surface area contributed by atoms with Gasteiger partial charge in [-0.3, -0.25) is 0 Å². The molecule has 0 bridgehead atoms. The van der Waals surface area contributed by atoms with Crippen LogP contribution < -0.4 is 0 Å². The van der Waals surface area contributed by atoms with Crippen LogP contribution in [0.5, 0.6) is 0 Å². The molecule has 0 N–H and O–H groups in total. The monoisotopic (exact) mass is 328 g/mol. The minimum absolute atomic E-state index is 0.276. The Morgan fingerprint density at radius 2 is 1.64 bits per heavy atom. The zero-order chi connectivity index (χ0) is 15.3. The van der Waals surface area contributed by atoms with Crippen molar-refractivity contribution in [2.24, 2.45) is 0 Å². The molecular weight excluding hydrogens is 319 g/mol. The predicted octanol–water partition coefficient (Wildman–Crippen LogP) is 5.48. The minimum atomic E-state index is -0.276. The number of benzene rings is 3. The summed E-state index contributed by atoms with van der Waals surface area (Å²) >= 11 is 12.1. The Morgan fingerprint density at radius 1 is 0.909 bits per heavy atom. The molecule has 2 nitrogen and oxygen atoms in total. The van der Waals surface area contributed by atoms with Gasteiger partial charge in [-0.1, -0.05) is 41.4 Å². The molecule has 0 amide bonds. The number of carbonyl (C=O) groups excluding carboxylic acids is 1. The fraction of sp³-hybridized carbons (Fsp3) is 0.0556. The van der Waals surface area contributed by atoms with Gasteiger partial charge in [-0.05, 0) is 52.2 Å². The number of halogens is 2. The second kappa shape index (κ2) is 5.01. The molecule has 3 aromatic rings. The maximum Gasteiger partial charge on any atom is 0.338 e. The van der Waals surface area contributed by atoms with Crippen molar-refractivity contribution in [1.29, 1.82) is 0 Å². The molecule has 0 aliphatic carbocycles. The van der Waals surface area contributed by atoms with Crippen LogP contribution in [-0.4, -0.2) is 5.97 Å². The molecule has 0 fully saturated rings. The van der Waals surface area contributed by atoms with E-state index in [9.17, 15) is 4.79 Å². The van der Waals surface area contributed by atoms with Gasteiger partial charge in [0.15, 0.2) is 0 Å². The third-order valence-electron chi connectivity index (χ3n) is 3.91. The molecule has 0 saturated carbocycles. The largest absolute Gasteiger partial charge is 0.457 e. The molecule has 1 heterocycles. The van der Waals surface area contributed by atoms with Crippen LogP contribution >= 0.6 is 23.2 Å². The van der Waals surface area contributed by atoms with Crippen molar-refractivity contribution in [3.05, 3.63) is 69.7 Å². The Labute approximate surface area is 137 Å². The zero-order valence-corrected chi connectivity index (χ0v) is 12.9. The number of rotatable bonds is 1. The average Bonchev–Trinajstić information content (AvgIpc) is 2.87. The number of esters is 1. The maximum absolute atomic E-state index is 11.9. The van der Waals surface area contributed by atoms with Gasteiger partial charge in [0, 0.05) is 15.6 Å². The smallest absolute Gasteiger partial charge is 0.338 e. The molecular formula is C18H10Cl2O2. The lowest BCUT2D eigenvalue weighted by molar-refractivity contribution is 0.0535. The van der Waals surface area contributed by atoms with Crippen LogP contribution in [0.1, 0.15) is 15.9 Å². The van der Waals surface area contributed by atoms with E-state index < -0.39 is 0 Å². The maximum atomic E-state index is 11.9. The summed E-state index contributed by atoms with van der Waals surface area (Å²) < 4.78 is 5.21. The summed E-state index contributed by atoms with van der Waals surface area (Å²) in [5, 5.41) is 3.30. The van der Waals surface area contributed by atoms with Crippen molar-refractivity contribution in [2.75, 3.05) is 0 Å². The second-order valence-electron chi connectivity index (χ2n) is 5.23. The van der Waals surface area contributed by atoms with Crippen LogP contribution in [0.15, 0.2) is 48.5 Å². The van der Waals surface area contributed by atoms with E-state index in [4.69, 9.17) is 27.9 Å². The van der Waals surface area contributed by atoms with Crippen molar-refractivity contribution in [2.45, 2.75) is 6.61 Å². The molecule has 0 aromatic heterocycles. The summed E-state index contributed by atoms with van der Waals surface area (Å²) in [6.07, 6.45) is 0. The highest BCUT2D eigenvalue weighted by Crippen LogP contribution is 2.39. The molecule has 0 saturated heterocycles. The number of hydrogen-bond donors (Lipinski definition) is 0. The van der Waals surface area contributed by atoms with Crippen molar-refractivity contribution < 1.29 is 9.53 Å². The van der Waals surface area contributed by atoms with Crippen molar-refractivity contribution >= 4 is 39.9 Å². The van der Waals surface area contributed by atoms with Gasteiger partial charge in [0.05, 0.1) is 5.56 Å². The predicted molar refractivity (Wildman–Crippen MR) is 88.5 cm³/mol. The lowest BCUT2D eigenvalue weighted by atomic mass is 9.91. The molecule has 108 valence electrons. The molecule has 0 atom stereocenters. The average molecular weight is 329 g/mol. The van der Waals surface area contributed by atoms with Gasteiger partial charge in [-0.25, -0.2) is 4.79 Å². The normalized spacial score (nSPS) is 13.3. The Balaban J connectivity index is 2.12. The number of fused-ring (bicyclic) bond motifs is 2. The Morgan fingerprint density at radius 3 is 2.41 bits per heavy atom. The molecule has 3 aromatic carbocycles. The second-order valence-corrected chi connectivity index (χ2v) is 6.10. The standard InChI is InChI=1S/C18H10Cl2O2/c19-12-4-1-10(2-5-12)17-14-8-13(20)6-3-11(14)7-15-16(17)9-22-18(15)21/h1-8H,9H2. The Kier molecular flexibility index (Phi) is 3.10. The summed E-state index contributed by atoms with van der Waals surface area (Å²) in [7, 11) is 0. The van der Waals surface area contributed by atoms with Gasteiger partial charge < -0.3 is 4.74 Å². The van der Waals surface area contributed by atoms with E-state index in [1.807, 2.05) is 48.5 Å². The van der Waals surface area contributed by atoms with Gasteiger partial charge in [-0.2, -0.15) is 0 Å². The van der Waals surface area contributed by atoms with E-state index in [2.05, 4.69) is 0 Å². The van der Waals surface area contributed by atoms with Crippen LogP contribution in [0.4, 0.5) is 0 Å². The van der Waals surface area contributed by atoms with Crippen LogP contribution in [0.25, 0.3) is 21.9 Å². The molecule has 0 unspecified atom stereocenters. The first-order valence-corrected chi connectivity index (χ1v) is 7.57. The van der Waals surface area contributed by atoms with E-state index in [0.29, 0.717) is 15.6 Å². The van der Waals surface area contributed by atoms with Crippen LogP contribution in [-0.2, 0) is 11.3 Å². The number of cyclic esters (lactones) is 1. The molecule has 4 rings (SSSR count). The molecule has 0 radical (unpaired) electrons. The summed E-state index contributed by atoms with van der Waals surface area (Å²) in [4.78, 5) is 11.9. The SMILES string of the molecule is O=C1OCc2c1cc1ccc(Cl)cc1c2-c1ccc(Cl)cc1. The summed E-state index contributed by atoms with van der Waals surface area (Å²) in [6, 6.07) is 15.1. The zero-order valence-electron chi connectivity index (χ0n) is 11.4.